The van der Waals surface area contributed by atoms with E-state index < -0.39 is 46.6 Å². The number of carbonyl (C=O) groups excluding carboxylic acids is 2. The lowest BCUT2D eigenvalue weighted by molar-refractivity contribution is -0.163. The van der Waals surface area contributed by atoms with Crippen LogP contribution in [0.25, 0.3) is 0 Å². The molecular formula is C29H28F5N7O2. The van der Waals surface area contributed by atoms with Crippen molar-refractivity contribution in [3.63, 3.8) is 0 Å². The summed E-state index contributed by atoms with van der Waals surface area (Å²) >= 11 is 0. The lowest BCUT2D eigenvalue weighted by atomic mass is 9.74. The summed E-state index contributed by atoms with van der Waals surface area (Å²) in [6.07, 6.45) is -2.01. The number of likely N-dealkylation sites (tertiary alicyclic amines) is 1. The molecule has 43 heavy (non-hydrogen) atoms. The molecule has 14 heteroatoms. The van der Waals surface area contributed by atoms with Crippen molar-refractivity contribution >= 4 is 17.8 Å². The standard InChI is InChI=1S/C29H28F5N7O2/c30-19-5-1-3-17(21(19)31)16-6-7-20(23-38-39-24(41(23)15-16)28(8-9-28)29(32,33)34)36-26(43)40-13-10-27(11-14-40)18-4-2-12-35-22(18)37-25(27)42/h1-5,12,16,20H,6-11,13-15H2,(H,36,43)(H,35,37,42)/t16-,20-/m1/s1. The number of halogens is 5. The molecule has 3 aromatic rings. The number of pyridine rings is 1. The normalized spacial score (nSPS) is 23.7. The lowest BCUT2D eigenvalue weighted by Gasteiger charge is -2.38. The first-order valence-electron chi connectivity index (χ1n) is 14.3. The highest BCUT2D eigenvalue weighted by atomic mass is 19.4. The Balaban J connectivity index is 1.15. The molecule has 2 N–H and O–H groups in total. The number of hydrogen-bond acceptors (Lipinski definition) is 5. The zero-order valence-electron chi connectivity index (χ0n) is 22.9. The molecule has 2 aromatic heterocycles. The van der Waals surface area contributed by atoms with E-state index in [0.29, 0.717) is 18.7 Å². The maximum atomic E-state index is 14.8. The van der Waals surface area contributed by atoms with Crippen molar-refractivity contribution in [3.8, 4) is 0 Å². The minimum absolute atomic E-state index is 0.0559. The zero-order valence-corrected chi connectivity index (χ0v) is 22.9. The van der Waals surface area contributed by atoms with Gasteiger partial charge in [0.2, 0.25) is 5.91 Å². The number of alkyl halides is 3. The Morgan fingerprint density at radius 2 is 1.79 bits per heavy atom. The van der Waals surface area contributed by atoms with Crippen molar-refractivity contribution < 1.29 is 31.5 Å². The van der Waals surface area contributed by atoms with Gasteiger partial charge in [0.1, 0.15) is 17.1 Å². The van der Waals surface area contributed by atoms with E-state index in [9.17, 15) is 31.5 Å². The van der Waals surface area contributed by atoms with Gasteiger partial charge in [-0.05, 0) is 56.2 Å². The molecule has 0 bridgehead atoms. The molecular weight excluding hydrogens is 573 g/mol. The number of aromatic nitrogens is 4. The fourth-order valence-corrected chi connectivity index (χ4v) is 6.97. The Hall–Kier alpha value is -4.10. The Morgan fingerprint density at radius 1 is 1.02 bits per heavy atom. The third-order valence-electron chi connectivity index (χ3n) is 9.63. The first-order chi connectivity index (χ1) is 20.5. The Labute approximate surface area is 242 Å². The average Bonchev–Trinajstić information content (AvgIpc) is 3.68. The van der Waals surface area contributed by atoms with Crippen molar-refractivity contribution in [2.45, 2.75) is 74.0 Å². The molecule has 4 aliphatic rings. The number of hydrogen-bond donors (Lipinski definition) is 2. The van der Waals surface area contributed by atoms with Gasteiger partial charge in [-0.2, -0.15) is 13.2 Å². The van der Waals surface area contributed by atoms with Crippen LogP contribution in [0.4, 0.5) is 32.6 Å². The molecule has 2 fully saturated rings. The number of amides is 3. The van der Waals surface area contributed by atoms with E-state index in [1.807, 2.05) is 6.07 Å². The average molecular weight is 602 g/mol. The summed E-state index contributed by atoms with van der Waals surface area (Å²) in [5.41, 5.74) is -2.08. The summed E-state index contributed by atoms with van der Waals surface area (Å²) in [5, 5.41) is 13.8. The van der Waals surface area contributed by atoms with E-state index in [1.54, 1.807) is 17.2 Å². The number of piperidine rings is 1. The quantitative estimate of drug-likeness (QED) is 0.418. The minimum Gasteiger partial charge on any atom is -0.328 e. The van der Waals surface area contributed by atoms with Gasteiger partial charge in [0, 0.05) is 37.3 Å². The van der Waals surface area contributed by atoms with Crippen molar-refractivity contribution in [1.82, 2.24) is 30.0 Å². The van der Waals surface area contributed by atoms with Crippen LogP contribution in [-0.2, 0) is 22.2 Å². The molecule has 2 atom stereocenters. The molecule has 1 aliphatic carbocycles. The number of urea groups is 1. The molecule has 0 radical (unpaired) electrons. The summed E-state index contributed by atoms with van der Waals surface area (Å²) in [5.74, 6) is -2.49. The SMILES string of the molecule is O=C(N[C@@H]1CC[C@@H](c2cccc(F)c2F)Cn2c1nnc2C1(C(F)(F)F)CC1)N1CCC2(CC1)C(=O)Nc1ncccc12. The highest BCUT2D eigenvalue weighted by Crippen LogP contribution is 2.59. The second-order valence-electron chi connectivity index (χ2n) is 11.9. The largest absolute Gasteiger partial charge is 0.401 e. The monoisotopic (exact) mass is 601 g/mol. The predicted molar refractivity (Wildman–Crippen MR) is 142 cm³/mol. The van der Waals surface area contributed by atoms with Crippen LogP contribution in [0.5, 0.6) is 0 Å². The fourth-order valence-electron chi connectivity index (χ4n) is 6.97. The van der Waals surface area contributed by atoms with Gasteiger partial charge in [-0.25, -0.2) is 18.6 Å². The van der Waals surface area contributed by atoms with Gasteiger partial charge in [0.05, 0.1) is 11.5 Å². The highest BCUT2D eigenvalue weighted by molar-refractivity contribution is 6.05. The van der Waals surface area contributed by atoms with Crippen LogP contribution in [0.1, 0.15) is 73.3 Å². The summed E-state index contributed by atoms with van der Waals surface area (Å²) in [7, 11) is 0. The van der Waals surface area contributed by atoms with Gasteiger partial charge in [0.15, 0.2) is 17.5 Å². The minimum atomic E-state index is -4.56. The van der Waals surface area contributed by atoms with Gasteiger partial charge in [0.25, 0.3) is 0 Å². The van der Waals surface area contributed by atoms with Crippen LogP contribution >= 0.6 is 0 Å². The molecule has 1 aromatic carbocycles. The van der Waals surface area contributed by atoms with Gasteiger partial charge in [-0.15, -0.1) is 10.2 Å². The second-order valence-corrected chi connectivity index (χ2v) is 11.9. The van der Waals surface area contributed by atoms with E-state index in [-0.39, 0.29) is 68.4 Å². The van der Waals surface area contributed by atoms with Gasteiger partial charge in [-0.3, -0.25) is 4.79 Å². The van der Waals surface area contributed by atoms with Crippen molar-refractivity contribution in [2.75, 3.05) is 18.4 Å². The van der Waals surface area contributed by atoms with Crippen molar-refractivity contribution in [3.05, 3.63) is 70.9 Å². The van der Waals surface area contributed by atoms with E-state index in [0.717, 1.165) is 11.6 Å². The number of anilines is 1. The van der Waals surface area contributed by atoms with Crippen LogP contribution in [0.3, 0.4) is 0 Å². The van der Waals surface area contributed by atoms with E-state index in [4.69, 9.17) is 0 Å². The number of fused-ring (bicyclic) bond motifs is 3. The zero-order chi connectivity index (χ0) is 30.1. The topological polar surface area (TPSA) is 105 Å². The third-order valence-corrected chi connectivity index (χ3v) is 9.63. The Morgan fingerprint density at radius 3 is 2.51 bits per heavy atom. The van der Waals surface area contributed by atoms with Gasteiger partial charge in [-0.1, -0.05) is 18.2 Å². The van der Waals surface area contributed by atoms with E-state index >= 15 is 0 Å². The number of benzene rings is 1. The molecule has 1 saturated heterocycles. The van der Waals surface area contributed by atoms with Crippen LogP contribution in [0.2, 0.25) is 0 Å². The number of nitrogens with one attached hydrogen (secondary N) is 2. The summed E-state index contributed by atoms with van der Waals surface area (Å²) in [6.45, 7) is 0.455. The predicted octanol–water partition coefficient (Wildman–Crippen LogP) is 4.86. The molecule has 226 valence electrons. The number of carbonyl (C=O) groups is 2. The van der Waals surface area contributed by atoms with Crippen molar-refractivity contribution in [2.24, 2.45) is 0 Å². The third kappa shape index (κ3) is 4.27. The molecule has 0 unspecified atom stereocenters. The van der Waals surface area contributed by atoms with Crippen LogP contribution in [0.15, 0.2) is 36.5 Å². The Kier molecular flexibility index (Phi) is 6.26. The maximum absolute atomic E-state index is 14.8. The first-order valence-corrected chi connectivity index (χ1v) is 14.3. The second kappa shape index (κ2) is 9.71. The number of rotatable bonds is 3. The number of nitrogens with zero attached hydrogens (tertiary/aromatic N) is 5. The van der Waals surface area contributed by atoms with E-state index in [1.165, 1.54) is 16.7 Å². The van der Waals surface area contributed by atoms with Crippen LogP contribution < -0.4 is 10.6 Å². The molecule has 1 saturated carbocycles. The molecule has 3 aliphatic heterocycles. The molecule has 7 rings (SSSR count). The lowest BCUT2D eigenvalue weighted by Crippen LogP contribution is -2.51. The molecule has 5 heterocycles. The maximum Gasteiger partial charge on any atom is 0.401 e. The van der Waals surface area contributed by atoms with Gasteiger partial charge < -0.3 is 20.1 Å². The summed E-state index contributed by atoms with van der Waals surface area (Å²) in [6, 6.07) is 6.15. The first kappa shape index (κ1) is 27.7. The molecule has 3 amide bonds. The van der Waals surface area contributed by atoms with E-state index in [2.05, 4.69) is 25.8 Å². The smallest absolute Gasteiger partial charge is 0.328 e. The summed E-state index contributed by atoms with van der Waals surface area (Å²) < 4.78 is 72.8. The fraction of sp³-hybridized carbons (Fsp3) is 0.483. The van der Waals surface area contributed by atoms with Crippen LogP contribution in [-0.4, -0.2) is 55.9 Å². The van der Waals surface area contributed by atoms with Crippen LogP contribution in [0, 0.1) is 11.6 Å². The Bertz CT molecular complexity index is 1610. The summed E-state index contributed by atoms with van der Waals surface area (Å²) in [4.78, 5) is 32.2. The molecule has 1 spiro atoms. The highest BCUT2D eigenvalue weighted by Gasteiger charge is 2.67. The van der Waals surface area contributed by atoms with Gasteiger partial charge >= 0.3 is 12.2 Å². The van der Waals surface area contributed by atoms with Crippen molar-refractivity contribution in [1.29, 1.82) is 0 Å². The molecule has 9 nitrogen and oxygen atoms in total.